The van der Waals surface area contributed by atoms with Crippen LogP contribution in [0.1, 0.15) is 41.6 Å². The molecule has 0 saturated carbocycles. The van der Waals surface area contributed by atoms with Crippen LogP contribution in [0.3, 0.4) is 0 Å². The predicted octanol–water partition coefficient (Wildman–Crippen LogP) is 4.56. The molecule has 3 aromatic carbocycles. The van der Waals surface area contributed by atoms with Crippen LogP contribution < -0.4 is 4.31 Å². The lowest BCUT2D eigenvalue weighted by Gasteiger charge is -2.33. The third-order valence-corrected chi connectivity index (χ3v) is 9.24. The number of amides is 2. The summed E-state index contributed by atoms with van der Waals surface area (Å²) in [6.07, 6.45) is 3.52. The van der Waals surface area contributed by atoms with E-state index in [4.69, 9.17) is 0 Å². The van der Waals surface area contributed by atoms with E-state index in [9.17, 15) is 18.0 Å². The molecule has 0 N–H and O–H groups in total. The summed E-state index contributed by atoms with van der Waals surface area (Å²) >= 11 is 0. The molecular formula is C30H33N3O4S. The summed E-state index contributed by atoms with van der Waals surface area (Å²) in [4.78, 5) is 29.9. The van der Waals surface area contributed by atoms with Gasteiger partial charge >= 0.3 is 0 Å². The minimum Gasteiger partial charge on any atom is -0.342 e. The van der Waals surface area contributed by atoms with Crippen molar-refractivity contribution in [2.24, 2.45) is 5.92 Å². The first kappa shape index (κ1) is 26.0. The highest BCUT2D eigenvalue weighted by Crippen LogP contribution is 2.28. The molecule has 7 nitrogen and oxygen atoms in total. The van der Waals surface area contributed by atoms with Gasteiger partial charge in [0.25, 0.3) is 15.9 Å². The molecule has 0 atom stereocenters. The molecule has 0 aliphatic carbocycles. The van der Waals surface area contributed by atoms with Crippen molar-refractivity contribution in [3.05, 3.63) is 96.1 Å². The van der Waals surface area contributed by atoms with Crippen molar-refractivity contribution in [2.45, 2.75) is 37.1 Å². The molecule has 3 aromatic rings. The van der Waals surface area contributed by atoms with Gasteiger partial charge in [-0.15, -0.1) is 0 Å². The highest BCUT2D eigenvalue weighted by molar-refractivity contribution is 7.92. The van der Waals surface area contributed by atoms with Crippen LogP contribution in [0.15, 0.2) is 89.8 Å². The van der Waals surface area contributed by atoms with Crippen LogP contribution in [0.4, 0.5) is 5.69 Å². The Kier molecular flexibility index (Phi) is 7.79. The van der Waals surface area contributed by atoms with Crippen molar-refractivity contribution in [2.75, 3.05) is 30.5 Å². The quantitative estimate of drug-likeness (QED) is 0.448. The number of rotatable bonds is 7. The Morgan fingerprint density at radius 2 is 1.32 bits per heavy atom. The zero-order valence-corrected chi connectivity index (χ0v) is 22.2. The monoisotopic (exact) mass is 531 g/mol. The van der Waals surface area contributed by atoms with Gasteiger partial charge in [-0.05, 0) is 67.6 Å². The van der Waals surface area contributed by atoms with E-state index in [1.54, 1.807) is 59.5 Å². The molecule has 0 bridgehead atoms. The van der Waals surface area contributed by atoms with Gasteiger partial charge in [-0.3, -0.25) is 13.9 Å². The third-order valence-electron chi connectivity index (χ3n) is 7.45. The lowest BCUT2D eigenvalue weighted by Crippen LogP contribution is -2.43. The van der Waals surface area contributed by atoms with Gasteiger partial charge in [0.05, 0.1) is 17.1 Å². The molecule has 2 saturated heterocycles. The Morgan fingerprint density at radius 1 is 0.737 bits per heavy atom. The fourth-order valence-corrected chi connectivity index (χ4v) is 6.74. The SMILES string of the molecule is O=C(c1ccc(N(Cc2ccccc2)S(=O)(=O)c2ccccc2)cc1)N1CCC(C(=O)N2CCCC2)CC1. The maximum atomic E-state index is 13.6. The summed E-state index contributed by atoms with van der Waals surface area (Å²) in [6.45, 7) is 2.97. The van der Waals surface area contributed by atoms with E-state index >= 15 is 0 Å². The van der Waals surface area contributed by atoms with Crippen LogP contribution >= 0.6 is 0 Å². The number of sulfonamides is 1. The molecule has 0 aromatic heterocycles. The number of anilines is 1. The Bertz CT molecular complexity index is 1350. The minimum absolute atomic E-state index is 0.00531. The molecule has 0 spiro atoms. The van der Waals surface area contributed by atoms with Crippen LogP contribution in [0.25, 0.3) is 0 Å². The average molecular weight is 532 g/mol. The fraction of sp³-hybridized carbons (Fsp3) is 0.333. The van der Waals surface area contributed by atoms with Crippen LogP contribution in [0.5, 0.6) is 0 Å². The number of hydrogen-bond donors (Lipinski definition) is 0. The first-order valence-corrected chi connectivity index (χ1v) is 14.7. The van der Waals surface area contributed by atoms with Gasteiger partial charge in [0.2, 0.25) is 5.91 Å². The van der Waals surface area contributed by atoms with Crippen LogP contribution in [0, 0.1) is 5.92 Å². The number of likely N-dealkylation sites (tertiary alicyclic amines) is 2. The van der Waals surface area contributed by atoms with E-state index in [0.717, 1.165) is 31.5 Å². The molecule has 8 heteroatoms. The largest absolute Gasteiger partial charge is 0.342 e. The summed E-state index contributed by atoms with van der Waals surface area (Å²) in [5.74, 6) is 0.135. The number of benzene rings is 3. The molecule has 2 aliphatic heterocycles. The van der Waals surface area contributed by atoms with E-state index in [1.165, 1.54) is 4.31 Å². The smallest absolute Gasteiger partial charge is 0.264 e. The molecule has 0 unspecified atom stereocenters. The molecule has 2 aliphatic rings. The van der Waals surface area contributed by atoms with Gasteiger partial charge in [-0.2, -0.15) is 0 Å². The minimum atomic E-state index is -3.83. The lowest BCUT2D eigenvalue weighted by atomic mass is 9.95. The van der Waals surface area contributed by atoms with Crippen LogP contribution in [-0.2, 0) is 21.4 Å². The molecule has 5 rings (SSSR count). The van der Waals surface area contributed by atoms with Crippen molar-refractivity contribution < 1.29 is 18.0 Å². The highest BCUT2D eigenvalue weighted by Gasteiger charge is 2.32. The molecule has 2 fully saturated rings. The maximum Gasteiger partial charge on any atom is 0.264 e. The number of carbonyl (C=O) groups is 2. The summed E-state index contributed by atoms with van der Waals surface area (Å²) < 4.78 is 28.6. The molecule has 38 heavy (non-hydrogen) atoms. The standard InChI is InChI=1S/C30H33N3O4S/c34-29(32-21-17-26(18-22-32)30(35)31-19-7-8-20-31)25-13-15-27(16-14-25)33(23-24-9-3-1-4-10-24)38(36,37)28-11-5-2-6-12-28/h1-6,9-16,26H,7-8,17-23H2. The molecule has 0 radical (unpaired) electrons. The van der Waals surface area contributed by atoms with Crippen molar-refractivity contribution in [1.82, 2.24) is 9.80 Å². The Morgan fingerprint density at radius 3 is 1.92 bits per heavy atom. The second-order valence-electron chi connectivity index (χ2n) is 9.96. The summed E-state index contributed by atoms with van der Waals surface area (Å²) in [5, 5.41) is 0. The van der Waals surface area contributed by atoms with Crippen molar-refractivity contribution in [3.63, 3.8) is 0 Å². The van der Waals surface area contributed by atoms with E-state index in [-0.39, 0.29) is 29.2 Å². The van der Waals surface area contributed by atoms with Gasteiger partial charge in [0.15, 0.2) is 0 Å². The number of hydrogen-bond acceptors (Lipinski definition) is 4. The van der Waals surface area contributed by atoms with Crippen LogP contribution in [0.2, 0.25) is 0 Å². The van der Waals surface area contributed by atoms with Gasteiger partial charge in [0, 0.05) is 37.7 Å². The Balaban J connectivity index is 1.31. The molecule has 198 valence electrons. The van der Waals surface area contributed by atoms with E-state index in [0.29, 0.717) is 37.2 Å². The molecular weight excluding hydrogens is 498 g/mol. The van der Waals surface area contributed by atoms with Gasteiger partial charge in [0.1, 0.15) is 0 Å². The predicted molar refractivity (Wildman–Crippen MR) is 147 cm³/mol. The second kappa shape index (κ2) is 11.4. The highest BCUT2D eigenvalue weighted by atomic mass is 32.2. The third kappa shape index (κ3) is 5.60. The van der Waals surface area contributed by atoms with Gasteiger partial charge < -0.3 is 9.80 Å². The van der Waals surface area contributed by atoms with E-state index < -0.39 is 10.0 Å². The number of piperidine rings is 1. The van der Waals surface area contributed by atoms with Crippen LogP contribution in [-0.4, -0.2) is 56.2 Å². The first-order valence-electron chi connectivity index (χ1n) is 13.2. The first-order chi connectivity index (χ1) is 18.4. The summed E-state index contributed by atoms with van der Waals surface area (Å²) in [7, 11) is -3.83. The molecule has 2 heterocycles. The summed E-state index contributed by atoms with van der Waals surface area (Å²) in [6, 6.07) is 24.6. The summed E-state index contributed by atoms with van der Waals surface area (Å²) in [5.41, 5.74) is 1.86. The lowest BCUT2D eigenvalue weighted by molar-refractivity contribution is -0.135. The fourth-order valence-electron chi connectivity index (χ4n) is 5.26. The zero-order valence-electron chi connectivity index (χ0n) is 21.4. The van der Waals surface area contributed by atoms with E-state index in [2.05, 4.69) is 0 Å². The number of nitrogens with zero attached hydrogens (tertiary/aromatic N) is 3. The second-order valence-corrected chi connectivity index (χ2v) is 11.8. The van der Waals surface area contributed by atoms with Crippen molar-refractivity contribution in [3.8, 4) is 0 Å². The zero-order chi connectivity index (χ0) is 26.5. The normalized spacial score (nSPS) is 16.4. The van der Waals surface area contributed by atoms with Crippen molar-refractivity contribution >= 4 is 27.5 Å². The van der Waals surface area contributed by atoms with Gasteiger partial charge in [-0.25, -0.2) is 8.42 Å². The van der Waals surface area contributed by atoms with Crippen molar-refractivity contribution in [1.29, 1.82) is 0 Å². The Labute approximate surface area is 224 Å². The van der Waals surface area contributed by atoms with Gasteiger partial charge in [-0.1, -0.05) is 48.5 Å². The Hall–Kier alpha value is -3.65. The molecule has 2 amide bonds. The van der Waals surface area contributed by atoms with E-state index in [1.807, 2.05) is 35.2 Å². The topological polar surface area (TPSA) is 78.0 Å². The maximum absolute atomic E-state index is 13.6. The number of carbonyl (C=O) groups excluding carboxylic acids is 2. The average Bonchev–Trinajstić information content (AvgIpc) is 3.52.